The highest BCUT2D eigenvalue weighted by Crippen LogP contribution is 2.35. The number of piperidine rings is 1. The summed E-state index contributed by atoms with van der Waals surface area (Å²) in [5, 5.41) is 7.12. The van der Waals surface area contributed by atoms with Gasteiger partial charge < -0.3 is 25.2 Å². The van der Waals surface area contributed by atoms with Gasteiger partial charge in [-0.25, -0.2) is 4.79 Å². The molecule has 0 spiro atoms. The zero-order valence-electron chi connectivity index (χ0n) is 18.3. The van der Waals surface area contributed by atoms with Gasteiger partial charge in [0.15, 0.2) is 5.96 Å². The summed E-state index contributed by atoms with van der Waals surface area (Å²) >= 11 is 0. The number of halogens is 1. The van der Waals surface area contributed by atoms with E-state index >= 15 is 0 Å². The number of amides is 1. The van der Waals surface area contributed by atoms with E-state index in [0.29, 0.717) is 12.6 Å². The monoisotopic (exact) mass is 509 g/mol. The zero-order chi connectivity index (χ0) is 19.9. The second-order valence-corrected chi connectivity index (χ2v) is 8.35. The molecule has 1 aliphatic carbocycles. The first-order valence-corrected chi connectivity index (χ1v) is 10.5. The minimum atomic E-state index is -0.196. The van der Waals surface area contributed by atoms with Crippen molar-refractivity contribution < 1.29 is 9.53 Å². The number of nitrogens with zero attached hydrogens (tertiary/aromatic N) is 3. The van der Waals surface area contributed by atoms with Gasteiger partial charge in [0.05, 0.1) is 6.61 Å². The third kappa shape index (κ3) is 6.93. The molecule has 2 unspecified atom stereocenters. The Labute approximate surface area is 188 Å². The molecule has 2 fully saturated rings. The second-order valence-electron chi connectivity index (χ2n) is 8.35. The number of carbonyl (C=O) groups excluding carboxylic acids is 1. The topological polar surface area (TPSA) is 69.2 Å². The summed E-state index contributed by atoms with van der Waals surface area (Å²) in [5.41, 5.74) is 0.197. The number of likely N-dealkylation sites (N-methyl/N-ethyl adjacent to an activating group) is 1. The fourth-order valence-corrected chi connectivity index (χ4v) is 4.41. The summed E-state index contributed by atoms with van der Waals surface area (Å²) in [6.45, 7) is 7.00. The van der Waals surface area contributed by atoms with Crippen LogP contribution in [-0.2, 0) is 4.74 Å². The number of ether oxygens (including phenoxy) is 1. The van der Waals surface area contributed by atoms with Crippen LogP contribution in [0, 0.1) is 5.92 Å². The van der Waals surface area contributed by atoms with Crippen molar-refractivity contribution in [2.75, 3.05) is 47.4 Å². The molecule has 28 heavy (non-hydrogen) atoms. The van der Waals surface area contributed by atoms with Gasteiger partial charge in [-0.15, -0.1) is 24.0 Å². The van der Waals surface area contributed by atoms with E-state index in [2.05, 4.69) is 41.5 Å². The molecule has 1 saturated heterocycles. The van der Waals surface area contributed by atoms with Crippen molar-refractivity contribution in [1.29, 1.82) is 0 Å². The molecule has 0 bridgehead atoms. The summed E-state index contributed by atoms with van der Waals surface area (Å²) < 4.78 is 5.09. The molecule has 0 aromatic heterocycles. The first kappa shape index (κ1) is 25.3. The number of hydrogen-bond donors (Lipinski definition) is 2. The first-order valence-electron chi connectivity index (χ1n) is 10.5. The Bertz CT molecular complexity index is 509. The summed E-state index contributed by atoms with van der Waals surface area (Å²) in [5.74, 6) is 1.63. The molecule has 7 nitrogen and oxygen atoms in total. The normalized spacial score (nSPS) is 26.6. The van der Waals surface area contributed by atoms with E-state index in [-0.39, 0.29) is 35.6 Å². The largest absolute Gasteiger partial charge is 0.450 e. The molecule has 2 aliphatic rings. The fraction of sp³-hybridized carbons (Fsp3) is 0.900. The number of nitrogens with one attached hydrogen (secondary N) is 2. The van der Waals surface area contributed by atoms with Crippen LogP contribution in [0.15, 0.2) is 4.99 Å². The van der Waals surface area contributed by atoms with Crippen LogP contribution in [0.25, 0.3) is 0 Å². The Morgan fingerprint density at radius 1 is 1.29 bits per heavy atom. The SMILES string of the molecule is CCOC(=O)N1CCC(NC(=NC)NCC2(N(C)C)CCCC(C)C2)CC1.I. The van der Waals surface area contributed by atoms with Gasteiger partial charge in [-0.2, -0.15) is 0 Å². The van der Waals surface area contributed by atoms with E-state index in [1.807, 2.05) is 14.0 Å². The van der Waals surface area contributed by atoms with Gasteiger partial charge in [0, 0.05) is 38.3 Å². The average molecular weight is 509 g/mol. The highest BCUT2D eigenvalue weighted by molar-refractivity contribution is 14.0. The van der Waals surface area contributed by atoms with Crippen LogP contribution in [0.5, 0.6) is 0 Å². The molecule has 2 N–H and O–H groups in total. The molecule has 0 aromatic carbocycles. The lowest BCUT2D eigenvalue weighted by molar-refractivity contribution is 0.0793. The van der Waals surface area contributed by atoms with Crippen LogP contribution in [0.2, 0.25) is 0 Å². The fourth-order valence-electron chi connectivity index (χ4n) is 4.41. The van der Waals surface area contributed by atoms with E-state index in [4.69, 9.17) is 4.74 Å². The Hall–Kier alpha value is -0.770. The van der Waals surface area contributed by atoms with Crippen molar-refractivity contribution in [2.24, 2.45) is 10.9 Å². The van der Waals surface area contributed by atoms with Gasteiger partial charge >= 0.3 is 6.09 Å². The van der Waals surface area contributed by atoms with Crippen LogP contribution in [0.1, 0.15) is 52.4 Å². The van der Waals surface area contributed by atoms with Gasteiger partial charge in [0.2, 0.25) is 0 Å². The standard InChI is InChI=1S/C20H39N5O2.HI/c1-6-27-19(26)25-12-9-17(10-13-25)23-18(21-3)22-15-20(24(4)5)11-7-8-16(2)14-20;/h16-17H,6-15H2,1-5H3,(H2,21,22,23);1H. The van der Waals surface area contributed by atoms with Crippen LogP contribution >= 0.6 is 24.0 Å². The van der Waals surface area contributed by atoms with Gasteiger partial charge in [-0.1, -0.05) is 19.8 Å². The van der Waals surface area contributed by atoms with Crippen LogP contribution in [0.4, 0.5) is 4.79 Å². The van der Waals surface area contributed by atoms with E-state index in [1.165, 1.54) is 25.7 Å². The molecule has 2 atom stereocenters. The number of aliphatic imine (C=N–C) groups is 1. The Kier molecular flexibility index (Phi) is 10.9. The molecule has 1 aliphatic heterocycles. The maximum Gasteiger partial charge on any atom is 0.409 e. The smallest absolute Gasteiger partial charge is 0.409 e. The van der Waals surface area contributed by atoms with Crippen molar-refractivity contribution in [3.05, 3.63) is 0 Å². The highest BCUT2D eigenvalue weighted by atomic mass is 127. The second kappa shape index (κ2) is 12.0. The first-order chi connectivity index (χ1) is 12.9. The third-order valence-electron chi connectivity index (χ3n) is 6.19. The molecule has 1 heterocycles. The van der Waals surface area contributed by atoms with Gasteiger partial charge in [0.25, 0.3) is 0 Å². The molecule has 2 rings (SSSR count). The zero-order valence-corrected chi connectivity index (χ0v) is 20.6. The van der Waals surface area contributed by atoms with E-state index < -0.39 is 0 Å². The minimum Gasteiger partial charge on any atom is -0.450 e. The number of carbonyl (C=O) groups is 1. The third-order valence-corrected chi connectivity index (χ3v) is 6.19. The van der Waals surface area contributed by atoms with Crippen molar-refractivity contribution in [1.82, 2.24) is 20.4 Å². The molecule has 1 amide bonds. The summed E-state index contributed by atoms with van der Waals surface area (Å²) in [6, 6.07) is 0.336. The molecule has 164 valence electrons. The lowest BCUT2D eigenvalue weighted by atomic mass is 9.75. The van der Waals surface area contributed by atoms with Crippen LogP contribution in [-0.4, -0.2) is 80.8 Å². The number of hydrogen-bond acceptors (Lipinski definition) is 4. The quantitative estimate of drug-likeness (QED) is 0.339. The van der Waals surface area contributed by atoms with Crippen LogP contribution < -0.4 is 10.6 Å². The van der Waals surface area contributed by atoms with Gasteiger partial charge in [-0.05, 0) is 52.6 Å². The van der Waals surface area contributed by atoms with Crippen molar-refractivity contribution in [2.45, 2.75) is 64.0 Å². The van der Waals surface area contributed by atoms with E-state index in [0.717, 1.165) is 44.4 Å². The average Bonchev–Trinajstić information content (AvgIpc) is 2.65. The lowest BCUT2D eigenvalue weighted by Crippen LogP contribution is -2.57. The number of rotatable bonds is 5. The predicted molar refractivity (Wildman–Crippen MR) is 126 cm³/mol. The molecule has 0 aromatic rings. The Morgan fingerprint density at radius 2 is 1.96 bits per heavy atom. The number of likely N-dealkylation sites (tertiary alicyclic amines) is 1. The Balaban J connectivity index is 0.00000392. The summed E-state index contributed by atoms with van der Waals surface area (Å²) in [7, 11) is 6.22. The molecular formula is C20H40IN5O2. The molecule has 8 heteroatoms. The molecule has 0 radical (unpaired) electrons. The van der Waals surface area contributed by atoms with Gasteiger partial charge in [0.1, 0.15) is 0 Å². The van der Waals surface area contributed by atoms with E-state index in [1.54, 1.807) is 4.90 Å². The Morgan fingerprint density at radius 3 is 2.50 bits per heavy atom. The van der Waals surface area contributed by atoms with Gasteiger partial charge in [-0.3, -0.25) is 4.99 Å². The van der Waals surface area contributed by atoms with Crippen molar-refractivity contribution >= 4 is 36.0 Å². The summed E-state index contributed by atoms with van der Waals surface area (Å²) in [4.78, 5) is 20.4. The molecule has 1 saturated carbocycles. The van der Waals surface area contributed by atoms with E-state index in [9.17, 15) is 4.79 Å². The molecular weight excluding hydrogens is 469 g/mol. The van der Waals surface area contributed by atoms with Crippen molar-refractivity contribution in [3.63, 3.8) is 0 Å². The van der Waals surface area contributed by atoms with Crippen molar-refractivity contribution in [3.8, 4) is 0 Å². The maximum absolute atomic E-state index is 11.8. The maximum atomic E-state index is 11.8. The highest BCUT2D eigenvalue weighted by Gasteiger charge is 2.37. The lowest BCUT2D eigenvalue weighted by Gasteiger charge is -2.45. The number of guanidine groups is 1. The predicted octanol–water partition coefficient (Wildman–Crippen LogP) is 2.90. The summed E-state index contributed by atoms with van der Waals surface area (Å²) in [6.07, 6.45) is 6.71. The van der Waals surface area contributed by atoms with Crippen LogP contribution in [0.3, 0.4) is 0 Å². The minimum absolute atomic E-state index is 0.